The standard InChI is InChI=1S/C9H18NS/c1-2-3-8-4-5-10-6-9(8)7-11/h8-11H,1-7H2. The zero-order valence-electron chi connectivity index (χ0n) is 7.05. The highest BCUT2D eigenvalue weighted by Gasteiger charge is 2.22. The zero-order valence-corrected chi connectivity index (χ0v) is 7.95. The third-order valence-electron chi connectivity index (χ3n) is 2.57. The van der Waals surface area contributed by atoms with Crippen LogP contribution >= 0.6 is 12.6 Å². The van der Waals surface area contributed by atoms with Crippen LogP contribution in [-0.2, 0) is 0 Å². The molecule has 1 radical (unpaired) electrons. The molecule has 2 atom stereocenters. The molecule has 11 heavy (non-hydrogen) atoms. The summed E-state index contributed by atoms with van der Waals surface area (Å²) in [6.07, 6.45) is 3.68. The SMILES string of the molecule is [CH2]CCC1CCNCC1CS. The minimum atomic E-state index is 0.786. The lowest BCUT2D eigenvalue weighted by Crippen LogP contribution is -2.37. The predicted octanol–water partition coefficient (Wildman–Crippen LogP) is 1.76. The van der Waals surface area contributed by atoms with E-state index < -0.39 is 0 Å². The van der Waals surface area contributed by atoms with Gasteiger partial charge in [0, 0.05) is 0 Å². The molecule has 1 nitrogen and oxygen atoms in total. The molecule has 1 N–H and O–H groups in total. The summed E-state index contributed by atoms with van der Waals surface area (Å²) in [5, 5.41) is 3.40. The molecule has 1 fully saturated rings. The van der Waals surface area contributed by atoms with Crippen LogP contribution in [0, 0.1) is 18.8 Å². The largest absolute Gasteiger partial charge is 0.316 e. The second-order valence-electron chi connectivity index (χ2n) is 3.34. The van der Waals surface area contributed by atoms with Crippen LogP contribution in [0.2, 0.25) is 0 Å². The Bertz CT molecular complexity index is 104. The highest BCUT2D eigenvalue weighted by Crippen LogP contribution is 2.24. The van der Waals surface area contributed by atoms with E-state index >= 15 is 0 Å². The van der Waals surface area contributed by atoms with Crippen molar-refractivity contribution >= 4 is 12.6 Å². The van der Waals surface area contributed by atoms with E-state index in [2.05, 4.69) is 24.9 Å². The molecular weight excluding hydrogens is 154 g/mol. The minimum absolute atomic E-state index is 0.786. The van der Waals surface area contributed by atoms with E-state index in [1.165, 1.54) is 19.4 Å². The topological polar surface area (TPSA) is 12.0 Å². The first-order valence-electron chi connectivity index (χ1n) is 4.49. The molecule has 65 valence electrons. The van der Waals surface area contributed by atoms with Crippen molar-refractivity contribution in [1.29, 1.82) is 0 Å². The fraction of sp³-hybridized carbons (Fsp3) is 0.889. The first-order valence-corrected chi connectivity index (χ1v) is 5.12. The highest BCUT2D eigenvalue weighted by atomic mass is 32.1. The average Bonchev–Trinajstić information content (AvgIpc) is 2.06. The summed E-state index contributed by atoms with van der Waals surface area (Å²) in [6.45, 7) is 6.25. The molecule has 1 rings (SSSR count). The fourth-order valence-corrected chi connectivity index (χ4v) is 2.26. The average molecular weight is 172 g/mol. The fourth-order valence-electron chi connectivity index (χ4n) is 1.83. The number of thiol groups is 1. The maximum Gasteiger partial charge on any atom is -0.00101 e. The first kappa shape index (κ1) is 9.40. The Morgan fingerprint density at radius 1 is 1.45 bits per heavy atom. The van der Waals surface area contributed by atoms with E-state index in [-0.39, 0.29) is 0 Å². The summed E-state index contributed by atoms with van der Waals surface area (Å²) < 4.78 is 0. The van der Waals surface area contributed by atoms with E-state index in [0.29, 0.717) is 0 Å². The van der Waals surface area contributed by atoms with Crippen LogP contribution in [0.5, 0.6) is 0 Å². The van der Waals surface area contributed by atoms with Gasteiger partial charge in [0.05, 0.1) is 0 Å². The van der Waals surface area contributed by atoms with Gasteiger partial charge < -0.3 is 5.32 Å². The zero-order chi connectivity index (χ0) is 8.10. The Balaban J connectivity index is 2.31. The molecule has 0 aromatic rings. The van der Waals surface area contributed by atoms with Crippen LogP contribution in [0.15, 0.2) is 0 Å². The summed E-state index contributed by atoms with van der Waals surface area (Å²) in [7, 11) is 0. The number of piperidine rings is 1. The van der Waals surface area contributed by atoms with Crippen molar-refractivity contribution in [2.75, 3.05) is 18.8 Å². The van der Waals surface area contributed by atoms with Crippen molar-refractivity contribution < 1.29 is 0 Å². The molecule has 1 saturated heterocycles. The number of hydrogen-bond acceptors (Lipinski definition) is 2. The Kier molecular flexibility index (Phi) is 4.31. The third kappa shape index (κ3) is 2.68. The van der Waals surface area contributed by atoms with Crippen LogP contribution in [0.1, 0.15) is 19.3 Å². The molecular formula is C9H18NS. The summed E-state index contributed by atoms with van der Waals surface area (Å²) in [5.41, 5.74) is 0. The molecule has 2 unspecified atom stereocenters. The first-order chi connectivity index (χ1) is 5.38. The molecule has 0 aromatic carbocycles. The smallest absolute Gasteiger partial charge is 0.00101 e. The monoisotopic (exact) mass is 172 g/mol. The van der Waals surface area contributed by atoms with E-state index in [1.807, 2.05) is 0 Å². The van der Waals surface area contributed by atoms with Gasteiger partial charge in [0.1, 0.15) is 0 Å². The molecule has 0 bridgehead atoms. The predicted molar refractivity (Wildman–Crippen MR) is 52.9 cm³/mol. The van der Waals surface area contributed by atoms with Crippen molar-refractivity contribution in [2.24, 2.45) is 11.8 Å². The molecule has 2 heteroatoms. The van der Waals surface area contributed by atoms with Crippen LogP contribution in [0.4, 0.5) is 0 Å². The number of rotatable bonds is 3. The van der Waals surface area contributed by atoms with Gasteiger partial charge in [-0.25, -0.2) is 0 Å². The van der Waals surface area contributed by atoms with Crippen LogP contribution in [0.3, 0.4) is 0 Å². The van der Waals surface area contributed by atoms with Crippen LogP contribution in [0.25, 0.3) is 0 Å². The normalized spacial score (nSPS) is 32.2. The van der Waals surface area contributed by atoms with Gasteiger partial charge in [-0.05, 0) is 37.1 Å². The third-order valence-corrected chi connectivity index (χ3v) is 3.04. The number of hydrogen-bond donors (Lipinski definition) is 2. The van der Waals surface area contributed by atoms with E-state index in [9.17, 15) is 0 Å². The van der Waals surface area contributed by atoms with Gasteiger partial charge in [-0.1, -0.05) is 19.8 Å². The van der Waals surface area contributed by atoms with Gasteiger partial charge in [0.25, 0.3) is 0 Å². The number of nitrogens with one attached hydrogen (secondary N) is 1. The summed E-state index contributed by atoms with van der Waals surface area (Å²) >= 11 is 4.36. The van der Waals surface area contributed by atoms with E-state index in [0.717, 1.165) is 30.6 Å². The summed E-state index contributed by atoms with van der Waals surface area (Å²) in [5.74, 6) is 2.69. The second-order valence-corrected chi connectivity index (χ2v) is 3.70. The molecule has 0 aromatic heterocycles. The van der Waals surface area contributed by atoms with Crippen molar-refractivity contribution in [3.05, 3.63) is 6.92 Å². The van der Waals surface area contributed by atoms with Gasteiger partial charge in [0.2, 0.25) is 0 Å². The molecule has 1 aliphatic rings. The summed E-state index contributed by atoms with van der Waals surface area (Å²) in [4.78, 5) is 0. The van der Waals surface area contributed by atoms with Crippen molar-refractivity contribution in [3.63, 3.8) is 0 Å². The molecule has 0 saturated carbocycles. The lowest BCUT2D eigenvalue weighted by Gasteiger charge is -2.30. The highest BCUT2D eigenvalue weighted by molar-refractivity contribution is 7.80. The van der Waals surface area contributed by atoms with E-state index in [4.69, 9.17) is 0 Å². The molecule has 1 heterocycles. The summed E-state index contributed by atoms with van der Waals surface area (Å²) in [6, 6.07) is 0. The minimum Gasteiger partial charge on any atom is -0.316 e. The Morgan fingerprint density at radius 2 is 2.27 bits per heavy atom. The van der Waals surface area contributed by atoms with Gasteiger partial charge in [-0.2, -0.15) is 12.6 Å². The van der Waals surface area contributed by atoms with Gasteiger partial charge >= 0.3 is 0 Å². The van der Waals surface area contributed by atoms with Gasteiger partial charge in [-0.3, -0.25) is 0 Å². The maximum absolute atomic E-state index is 4.36. The Hall–Kier alpha value is 0.310. The maximum atomic E-state index is 4.36. The van der Waals surface area contributed by atoms with Gasteiger partial charge in [-0.15, -0.1) is 0 Å². The lowest BCUT2D eigenvalue weighted by atomic mass is 9.84. The van der Waals surface area contributed by atoms with Crippen molar-refractivity contribution in [3.8, 4) is 0 Å². The molecule has 0 spiro atoms. The Labute approximate surface area is 75.4 Å². The van der Waals surface area contributed by atoms with Gasteiger partial charge in [0.15, 0.2) is 0 Å². The molecule has 0 aliphatic carbocycles. The molecule has 0 amide bonds. The van der Waals surface area contributed by atoms with Crippen molar-refractivity contribution in [2.45, 2.75) is 19.3 Å². The lowest BCUT2D eigenvalue weighted by molar-refractivity contribution is 0.264. The van der Waals surface area contributed by atoms with Crippen LogP contribution in [-0.4, -0.2) is 18.8 Å². The van der Waals surface area contributed by atoms with Crippen LogP contribution < -0.4 is 5.32 Å². The second kappa shape index (κ2) is 5.04. The van der Waals surface area contributed by atoms with Crippen molar-refractivity contribution in [1.82, 2.24) is 5.32 Å². The quantitative estimate of drug-likeness (QED) is 0.618. The molecule has 1 aliphatic heterocycles. The Morgan fingerprint density at radius 3 is 2.91 bits per heavy atom. The van der Waals surface area contributed by atoms with E-state index in [1.54, 1.807) is 0 Å².